The zero-order valence-electron chi connectivity index (χ0n) is 7.45. The number of aromatic hydroxyl groups is 1. The van der Waals surface area contributed by atoms with Gasteiger partial charge in [-0.05, 0) is 18.2 Å². The van der Waals surface area contributed by atoms with Crippen molar-refractivity contribution in [3.8, 4) is 11.5 Å². The van der Waals surface area contributed by atoms with E-state index in [-0.39, 0.29) is 11.5 Å². The molecule has 15 heavy (non-hydrogen) atoms. The Bertz CT molecular complexity index is 410. The molecule has 0 bridgehead atoms. The lowest BCUT2D eigenvalue weighted by molar-refractivity contribution is -0.180. The molecule has 1 unspecified atom stereocenters. The van der Waals surface area contributed by atoms with Crippen LogP contribution in [0, 0.1) is 0 Å². The highest BCUT2D eigenvalue weighted by Gasteiger charge is 2.41. The number of alkyl halides is 3. The Balaban J connectivity index is 2.33. The average molecular weight is 216 g/mol. The lowest BCUT2D eigenvalue weighted by atomic mass is 10.1. The molecule has 1 heterocycles. The summed E-state index contributed by atoms with van der Waals surface area (Å²) in [6.45, 7) is 0. The van der Waals surface area contributed by atoms with E-state index in [2.05, 4.69) is 0 Å². The summed E-state index contributed by atoms with van der Waals surface area (Å²) in [4.78, 5) is 0. The van der Waals surface area contributed by atoms with Crippen LogP contribution in [0.4, 0.5) is 13.2 Å². The van der Waals surface area contributed by atoms with Gasteiger partial charge < -0.3 is 9.84 Å². The normalized spacial score (nSPS) is 19.5. The van der Waals surface area contributed by atoms with Crippen molar-refractivity contribution < 1.29 is 23.0 Å². The van der Waals surface area contributed by atoms with Crippen molar-refractivity contribution in [3.05, 3.63) is 29.8 Å². The number of benzene rings is 1. The predicted octanol–water partition coefficient (Wildman–Crippen LogP) is 2.73. The molecule has 1 aliphatic rings. The smallest absolute Gasteiger partial charge is 0.429 e. The van der Waals surface area contributed by atoms with Gasteiger partial charge in [0.25, 0.3) is 0 Å². The van der Waals surface area contributed by atoms with Gasteiger partial charge in [0.15, 0.2) is 0 Å². The lowest BCUT2D eigenvalue weighted by Gasteiger charge is -2.23. The highest BCUT2D eigenvalue weighted by molar-refractivity contribution is 5.61. The highest BCUT2D eigenvalue weighted by Crippen LogP contribution is 2.34. The third-order valence-corrected chi connectivity index (χ3v) is 2.02. The van der Waals surface area contributed by atoms with Gasteiger partial charge in [0.05, 0.1) is 0 Å². The van der Waals surface area contributed by atoms with Crippen LogP contribution in [0.2, 0.25) is 0 Å². The number of hydrogen-bond acceptors (Lipinski definition) is 2. The number of phenols is 1. The molecule has 0 saturated heterocycles. The maximum atomic E-state index is 12.3. The van der Waals surface area contributed by atoms with E-state index in [0.29, 0.717) is 5.56 Å². The Morgan fingerprint density at radius 2 is 2.00 bits per heavy atom. The molecule has 5 heteroatoms. The summed E-state index contributed by atoms with van der Waals surface area (Å²) >= 11 is 0. The van der Waals surface area contributed by atoms with E-state index >= 15 is 0 Å². The summed E-state index contributed by atoms with van der Waals surface area (Å²) in [5, 5.41) is 9.09. The molecule has 2 rings (SSSR count). The fraction of sp³-hybridized carbons (Fsp3) is 0.200. The maximum absolute atomic E-state index is 12.3. The van der Waals surface area contributed by atoms with Crippen molar-refractivity contribution in [2.75, 3.05) is 0 Å². The Morgan fingerprint density at radius 3 is 2.67 bits per heavy atom. The number of halogens is 3. The molecule has 1 aromatic rings. The van der Waals surface area contributed by atoms with Crippen LogP contribution in [0.25, 0.3) is 6.08 Å². The number of rotatable bonds is 0. The molecule has 2 nitrogen and oxygen atoms in total. The number of ether oxygens (including phenoxy) is 1. The first-order valence-electron chi connectivity index (χ1n) is 4.21. The number of fused-ring (bicyclic) bond motifs is 1. The van der Waals surface area contributed by atoms with Crippen molar-refractivity contribution >= 4 is 6.08 Å². The van der Waals surface area contributed by atoms with Gasteiger partial charge in [-0.2, -0.15) is 13.2 Å². The molecule has 0 saturated carbocycles. The topological polar surface area (TPSA) is 29.5 Å². The predicted molar refractivity (Wildman–Crippen MR) is 47.6 cm³/mol. The van der Waals surface area contributed by atoms with Crippen LogP contribution in [-0.2, 0) is 0 Å². The van der Waals surface area contributed by atoms with Crippen molar-refractivity contribution in [2.45, 2.75) is 12.3 Å². The summed E-state index contributed by atoms with van der Waals surface area (Å²) in [7, 11) is 0. The van der Waals surface area contributed by atoms with Crippen LogP contribution in [-0.4, -0.2) is 17.4 Å². The van der Waals surface area contributed by atoms with Gasteiger partial charge in [-0.15, -0.1) is 0 Å². The highest BCUT2D eigenvalue weighted by atomic mass is 19.4. The monoisotopic (exact) mass is 216 g/mol. The standard InChI is InChI=1S/C10H7F3O2/c11-10(12,13)9-4-2-6-1-3-7(14)5-8(6)15-9/h1-5,9,14H. The molecular formula is C10H7F3O2. The second-order valence-corrected chi connectivity index (χ2v) is 3.16. The van der Waals surface area contributed by atoms with E-state index in [9.17, 15) is 13.2 Å². The molecule has 80 valence electrons. The summed E-state index contributed by atoms with van der Waals surface area (Å²) in [6.07, 6.45) is -4.10. The quantitative estimate of drug-likeness (QED) is 0.722. The van der Waals surface area contributed by atoms with Gasteiger partial charge >= 0.3 is 6.18 Å². The third kappa shape index (κ3) is 1.91. The van der Waals surface area contributed by atoms with Crippen LogP contribution in [0.15, 0.2) is 24.3 Å². The second-order valence-electron chi connectivity index (χ2n) is 3.16. The SMILES string of the molecule is Oc1ccc2c(c1)OC(C(F)(F)F)C=C2. The molecule has 1 aliphatic heterocycles. The minimum Gasteiger partial charge on any atom is -0.508 e. The Hall–Kier alpha value is -1.65. The Morgan fingerprint density at radius 1 is 1.27 bits per heavy atom. The summed E-state index contributed by atoms with van der Waals surface area (Å²) in [5.74, 6) is -0.0789. The maximum Gasteiger partial charge on any atom is 0.429 e. The zero-order chi connectivity index (χ0) is 11.1. The Labute approximate surface area is 83.6 Å². The van der Waals surface area contributed by atoms with Crippen LogP contribution in [0.5, 0.6) is 11.5 Å². The molecular weight excluding hydrogens is 209 g/mol. The zero-order valence-corrected chi connectivity index (χ0v) is 7.45. The second kappa shape index (κ2) is 3.18. The molecule has 1 N–H and O–H groups in total. The van der Waals surface area contributed by atoms with Gasteiger partial charge in [0, 0.05) is 11.6 Å². The van der Waals surface area contributed by atoms with Gasteiger partial charge in [0.1, 0.15) is 11.5 Å². The van der Waals surface area contributed by atoms with Gasteiger partial charge in [-0.1, -0.05) is 6.08 Å². The van der Waals surface area contributed by atoms with Crippen LogP contribution < -0.4 is 4.74 Å². The molecule has 0 aliphatic carbocycles. The molecule has 0 radical (unpaired) electrons. The molecule has 1 atom stereocenters. The van der Waals surface area contributed by atoms with Crippen molar-refractivity contribution in [1.82, 2.24) is 0 Å². The van der Waals surface area contributed by atoms with Gasteiger partial charge in [0.2, 0.25) is 6.10 Å². The van der Waals surface area contributed by atoms with E-state index in [1.807, 2.05) is 0 Å². The minimum absolute atomic E-state index is 0.0415. The van der Waals surface area contributed by atoms with E-state index in [1.165, 1.54) is 18.2 Å². The van der Waals surface area contributed by atoms with E-state index < -0.39 is 12.3 Å². The molecule has 0 spiro atoms. The van der Waals surface area contributed by atoms with E-state index in [4.69, 9.17) is 9.84 Å². The first-order valence-corrected chi connectivity index (χ1v) is 4.21. The number of phenolic OH excluding ortho intramolecular Hbond substituents is 1. The Kier molecular flexibility index (Phi) is 2.10. The van der Waals surface area contributed by atoms with Crippen LogP contribution in [0.1, 0.15) is 5.56 Å². The van der Waals surface area contributed by atoms with Crippen molar-refractivity contribution in [2.24, 2.45) is 0 Å². The van der Waals surface area contributed by atoms with Crippen LogP contribution in [0.3, 0.4) is 0 Å². The fourth-order valence-corrected chi connectivity index (χ4v) is 1.31. The molecule has 0 amide bonds. The van der Waals surface area contributed by atoms with E-state index in [1.54, 1.807) is 0 Å². The average Bonchev–Trinajstić information content (AvgIpc) is 2.15. The molecule has 1 aromatic carbocycles. The van der Waals surface area contributed by atoms with E-state index in [0.717, 1.165) is 12.1 Å². The molecule has 0 fully saturated rings. The lowest BCUT2D eigenvalue weighted by Crippen LogP contribution is -2.33. The summed E-state index contributed by atoms with van der Waals surface area (Å²) < 4.78 is 41.6. The fourth-order valence-electron chi connectivity index (χ4n) is 1.31. The first kappa shape index (κ1) is 9.89. The van der Waals surface area contributed by atoms with Gasteiger partial charge in [-0.3, -0.25) is 0 Å². The third-order valence-electron chi connectivity index (χ3n) is 2.02. The summed E-state index contributed by atoms with van der Waals surface area (Å²) in [5.41, 5.74) is 0.522. The minimum atomic E-state index is -4.43. The van der Waals surface area contributed by atoms with Crippen molar-refractivity contribution in [1.29, 1.82) is 0 Å². The summed E-state index contributed by atoms with van der Waals surface area (Å²) in [6, 6.07) is 4.05. The van der Waals surface area contributed by atoms with Crippen molar-refractivity contribution in [3.63, 3.8) is 0 Å². The number of hydrogen-bond donors (Lipinski definition) is 1. The largest absolute Gasteiger partial charge is 0.508 e. The molecule has 0 aromatic heterocycles. The van der Waals surface area contributed by atoms with Crippen LogP contribution >= 0.6 is 0 Å². The van der Waals surface area contributed by atoms with Gasteiger partial charge in [-0.25, -0.2) is 0 Å². The first-order chi connectivity index (χ1) is 6.97.